The number of allylic oxidation sites excluding steroid dienone is 1. The average Bonchev–Trinajstić information content (AvgIpc) is 3.46. The van der Waals surface area contributed by atoms with Gasteiger partial charge in [0.15, 0.2) is 5.82 Å². The van der Waals surface area contributed by atoms with Crippen molar-refractivity contribution in [3.63, 3.8) is 0 Å². The molecule has 2 N–H and O–H groups in total. The Balaban J connectivity index is 1.28. The third kappa shape index (κ3) is 4.48. The van der Waals surface area contributed by atoms with Gasteiger partial charge in [-0.15, -0.1) is 0 Å². The van der Waals surface area contributed by atoms with E-state index in [1.807, 2.05) is 0 Å². The normalized spacial score (nSPS) is 21.9. The Kier molecular flexibility index (Phi) is 5.96. The Morgan fingerprint density at radius 3 is 2.42 bits per heavy atom. The largest absolute Gasteiger partial charge is 0.329 e. The quantitative estimate of drug-likeness (QED) is 0.376. The van der Waals surface area contributed by atoms with E-state index < -0.39 is 42.1 Å². The molecule has 1 saturated heterocycles. The first-order chi connectivity index (χ1) is 17.9. The molecular weight excluding hydrogens is 508 g/mol. The summed E-state index contributed by atoms with van der Waals surface area (Å²) in [6.45, 7) is 3.13. The summed E-state index contributed by atoms with van der Waals surface area (Å²) in [6, 6.07) is 6.24. The number of hydrogen-bond acceptors (Lipinski definition) is 5. The Morgan fingerprint density at radius 1 is 1.13 bits per heavy atom. The molecule has 2 fully saturated rings. The monoisotopic (exact) mass is 530 g/mol. The predicted octanol–water partition coefficient (Wildman–Crippen LogP) is 3.08. The first-order valence-electron chi connectivity index (χ1n) is 11.6. The molecule has 1 aliphatic carbocycles. The van der Waals surface area contributed by atoms with Crippen LogP contribution in [0.2, 0.25) is 0 Å². The fourth-order valence-corrected chi connectivity index (χ4v) is 4.58. The molecule has 2 aromatic heterocycles. The van der Waals surface area contributed by atoms with Crippen LogP contribution in [-0.4, -0.2) is 61.1 Å². The highest BCUT2D eigenvalue weighted by molar-refractivity contribution is 5.98. The van der Waals surface area contributed by atoms with Crippen molar-refractivity contribution in [1.29, 1.82) is 0 Å². The first kappa shape index (κ1) is 25.4. The minimum absolute atomic E-state index is 0.0145. The number of aromatic nitrogens is 4. The number of alkyl halides is 4. The van der Waals surface area contributed by atoms with Gasteiger partial charge in [0.05, 0.1) is 24.4 Å². The number of benzene rings is 1. The van der Waals surface area contributed by atoms with Crippen LogP contribution in [0.15, 0.2) is 64.1 Å². The van der Waals surface area contributed by atoms with E-state index in [4.69, 9.17) is 0 Å². The molecule has 38 heavy (non-hydrogen) atoms. The molecule has 0 radical (unpaired) electrons. The summed E-state index contributed by atoms with van der Waals surface area (Å²) in [5.41, 5.74) is 0.962. The van der Waals surface area contributed by atoms with Crippen LogP contribution in [0.1, 0.15) is 46.6 Å². The molecule has 1 saturated carbocycles. The summed E-state index contributed by atoms with van der Waals surface area (Å²) < 4.78 is 55.4. The Labute approximate surface area is 212 Å². The number of H-pyrrole nitrogens is 2. The topological polar surface area (TPSA) is 116 Å². The highest BCUT2D eigenvalue weighted by atomic mass is 19.3. The molecule has 1 aliphatic heterocycles. The number of amides is 1. The summed E-state index contributed by atoms with van der Waals surface area (Å²) in [4.78, 5) is 45.2. The van der Waals surface area contributed by atoms with Crippen LogP contribution in [0.5, 0.6) is 0 Å². The van der Waals surface area contributed by atoms with Crippen LogP contribution in [-0.2, 0) is 0 Å². The van der Waals surface area contributed by atoms with Gasteiger partial charge in [0.1, 0.15) is 0 Å². The minimum Gasteiger partial charge on any atom is -0.326 e. The van der Waals surface area contributed by atoms with Crippen molar-refractivity contribution in [2.45, 2.75) is 31.1 Å². The summed E-state index contributed by atoms with van der Waals surface area (Å²) in [5.74, 6) is -8.82. The van der Waals surface area contributed by atoms with Crippen molar-refractivity contribution in [3.8, 4) is 0 Å². The van der Waals surface area contributed by atoms with Crippen molar-refractivity contribution >= 4 is 17.2 Å². The molecule has 0 spiro atoms. The van der Waals surface area contributed by atoms with Crippen LogP contribution >= 0.6 is 0 Å². The molecule has 3 heterocycles. The van der Waals surface area contributed by atoms with E-state index >= 15 is 0 Å². The molecule has 0 bridgehead atoms. The summed E-state index contributed by atoms with van der Waals surface area (Å²) in [5, 5.41) is 4.42. The second-order valence-electron chi connectivity index (χ2n) is 9.43. The van der Waals surface area contributed by atoms with Crippen molar-refractivity contribution in [2.75, 3.05) is 13.1 Å². The molecular formula is C25H22F4N6O3. The molecule has 1 amide bonds. The number of nitrogens with zero attached hydrogens (tertiary/aromatic N) is 4. The van der Waals surface area contributed by atoms with Crippen molar-refractivity contribution < 1.29 is 22.4 Å². The number of carbonyl (C=O) groups excluding carboxylic acids is 1. The standard InChI is InChI=1S/C25H22F4N6O3/c1-13(20-30-7-8-35(20)33-14(2)19-10-31-23(38)32-21(19)36)17-9-18(17)15-3-5-16(6-4-15)22(37)34-11-24(26,27)25(28,29)12-34/h3-8,10,17-18H,1,9,11-12H2,2H3,(H2,31,32,36,38)/b33-14+/t17-,18-/m1/s1. The number of nitrogens with one attached hydrogen (secondary N) is 2. The van der Waals surface area contributed by atoms with Gasteiger partial charge in [-0.3, -0.25) is 14.6 Å². The first-order valence-corrected chi connectivity index (χ1v) is 11.6. The predicted molar refractivity (Wildman–Crippen MR) is 130 cm³/mol. The second kappa shape index (κ2) is 8.92. The SMILES string of the molecule is C=C(c1nccn1/N=C(\C)c1c[nH]c(=O)[nH]c1=O)[C@H]1C[C@@H]1c1ccc(C(=O)N2CC(F)(F)C(F)(F)C2)cc1. The summed E-state index contributed by atoms with van der Waals surface area (Å²) >= 11 is 0. The smallest absolute Gasteiger partial charge is 0.326 e. The Bertz CT molecular complexity index is 1550. The van der Waals surface area contributed by atoms with E-state index in [-0.39, 0.29) is 23.0 Å². The van der Waals surface area contributed by atoms with Gasteiger partial charge in [-0.05, 0) is 48.4 Å². The van der Waals surface area contributed by atoms with Gasteiger partial charge in [-0.2, -0.15) is 22.7 Å². The third-order valence-corrected chi connectivity index (χ3v) is 6.80. The molecule has 5 rings (SSSR count). The fraction of sp³-hybridized carbons (Fsp3) is 0.320. The van der Waals surface area contributed by atoms with Gasteiger partial charge >= 0.3 is 17.5 Å². The highest BCUT2D eigenvalue weighted by Crippen LogP contribution is 2.53. The number of rotatable bonds is 6. The summed E-state index contributed by atoms with van der Waals surface area (Å²) in [7, 11) is 0. The van der Waals surface area contributed by atoms with Crippen LogP contribution in [0.25, 0.3) is 5.57 Å². The van der Waals surface area contributed by atoms with Gasteiger partial charge in [0, 0.05) is 24.2 Å². The number of carbonyl (C=O) groups is 1. The Morgan fingerprint density at radius 2 is 1.79 bits per heavy atom. The van der Waals surface area contributed by atoms with Gasteiger partial charge in [-0.25, -0.2) is 14.5 Å². The Hall–Kier alpha value is -4.29. The molecule has 0 unspecified atom stereocenters. The zero-order chi connectivity index (χ0) is 27.4. The zero-order valence-corrected chi connectivity index (χ0v) is 20.1. The van der Waals surface area contributed by atoms with Gasteiger partial charge in [0.25, 0.3) is 11.5 Å². The van der Waals surface area contributed by atoms with Crippen molar-refractivity contribution in [2.24, 2.45) is 11.0 Å². The van der Waals surface area contributed by atoms with Crippen molar-refractivity contribution in [3.05, 3.63) is 92.8 Å². The molecule has 198 valence electrons. The lowest BCUT2D eigenvalue weighted by Crippen LogP contribution is -2.38. The van der Waals surface area contributed by atoms with Gasteiger partial charge in [-0.1, -0.05) is 18.7 Å². The van der Waals surface area contributed by atoms with E-state index in [1.165, 1.54) is 29.2 Å². The number of halogens is 4. The fourth-order valence-electron chi connectivity index (χ4n) is 4.58. The molecule has 2 aliphatic rings. The second-order valence-corrected chi connectivity index (χ2v) is 9.43. The lowest BCUT2D eigenvalue weighted by Gasteiger charge is -2.15. The van der Waals surface area contributed by atoms with Gasteiger partial charge in [0.2, 0.25) is 0 Å². The van der Waals surface area contributed by atoms with Crippen LogP contribution in [0.3, 0.4) is 0 Å². The maximum Gasteiger partial charge on any atom is 0.329 e. The van der Waals surface area contributed by atoms with E-state index in [9.17, 15) is 31.9 Å². The van der Waals surface area contributed by atoms with E-state index in [1.54, 1.807) is 25.3 Å². The highest BCUT2D eigenvalue weighted by Gasteiger charge is 2.63. The van der Waals surface area contributed by atoms with Crippen molar-refractivity contribution in [1.82, 2.24) is 24.5 Å². The van der Waals surface area contributed by atoms with Crippen LogP contribution in [0, 0.1) is 5.92 Å². The zero-order valence-electron chi connectivity index (χ0n) is 20.1. The third-order valence-electron chi connectivity index (χ3n) is 6.80. The summed E-state index contributed by atoms with van der Waals surface area (Å²) in [6.07, 6.45) is 5.16. The maximum absolute atomic E-state index is 13.5. The molecule has 9 nitrogen and oxygen atoms in total. The lowest BCUT2D eigenvalue weighted by atomic mass is 10.0. The van der Waals surface area contributed by atoms with Gasteiger partial charge < -0.3 is 9.88 Å². The lowest BCUT2D eigenvalue weighted by molar-refractivity contribution is -0.172. The number of imidazole rings is 1. The maximum atomic E-state index is 13.5. The van der Waals surface area contributed by atoms with E-state index in [0.29, 0.717) is 22.0 Å². The van der Waals surface area contributed by atoms with Crippen LogP contribution < -0.4 is 11.2 Å². The molecule has 1 aromatic carbocycles. The van der Waals surface area contributed by atoms with Crippen LogP contribution in [0.4, 0.5) is 17.6 Å². The average molecular weight is 530 g/mol. The van der Waals surface area contributed by atoms with E-state index in [0.717, 1.165) is 12.0 Å². The number of aromatic amines is 2. The molecule has 2 atom stereocenters. The molecule has 13 heteroatoms. The molecule has 3 aromatic rings. The minimum atomic E-state index is -4.26. The number of likely N-dealkylation sites (tertiary alicyclic amines) is 1. The number of hydrogen-bond donors (Lipinski definition) is 2. The van der Waals surface area contributed by atoms with E-state index in [2.05, 4.69) is 26.6 Å².